The van der Waals surface area contributed by atoms with Crippen LogP contribution >= 0.6 is 0 Å². The average Bonchev–Trinajstić information content (AvgIpc) is 3.22. The van der Waals surface area contributed by atoms with Crippen molar-refractivity contribution in [2.24, 2.45) is 0 Å². The van der Waals surface area contributed by atoms with Gasteiger partial charge in [-0.25, -0.2) is 4.98 Å². The SMILES string of the molecule is COc1ccc(CN(CCCc2ccccc2)c2ccc3[nH]cnc3c2)cc1. The predicted molar refractivity (Wildman–Crippen MR) is 115 cm³/mol. The first-order chi connectivity index (χ1) is 13.8. The molecule has 4 aromatic rings. The standard InChI is InChI=1S/C24H25N3O/c1-28-22-12-9-20(10-13-22)17-27(15-5-8-19-6-3-2-4-7-19)21-11-14-23-24(16-21)26-18-25-23/h2-4,6-7,9-14,16,18H,5,8,15,17H2,1H3,(H,25,26). The van der Waals surface area contributed by atoms with E-state index in [4.69, 9.17) is 4.74 Å². The summed E-state index contributed by atoms with van der Waals surface area (Å²) < 4.78 is 5.29. The summed E-state index contributed by atoms with van der Waals surface area (Å²) in [4.78, 5) is 10.0. The molecule has 4 heteroatoms. The summed E-state index contributed by atoms with van der Waals surface area (Å²) in [6.07, 6.45) is 3.92. The van der Waals surface area contributed by atoms with E-state index in [1.807, 2.05) is 12.1 Å². The Kier molecular flexibility index (Phi) is 5.57. The number of aryl methyl sites for hydroxylation is 1. The Bertz CT molecular complexity index is 1010. The first-order valence-electron chi connectivity index (χ1n) is 9.67. The zero-order valence-electron chi connectivity index (χ0n) is 16.1. The summed E-state index contributed by atoms with van der Waals surface area (Å²) in [5.41, 5.74) is 5.92. The monoisotopic (exact) mass is 371 g/mol. The minimum atomic E-state index is 0.856. The number of nitrogens with one attached hydrogen (secondary N) is 1. The minimum Gasteiger partial charge on any atom is -0.497 e. The number of imidazole rings is 1. The third kappa shape index (κ3) is 4.34. The van der Waals surface area contributed by atoms with Crippen LogP contribution in [0.3, 0.4) is 0 Å². The number of fused-ring (bicyclic) bond motifs is 1. The minimum absolute atomic E-state index is 0.856. The van der Waals surface area contributed by atoms with E-state index in [0.717, 1.165) is 42.7 Å². The molecule has 0 fully saturated rings. The zero-order valence-corrected chi connectivity index (χ0v) is 16.1. The predicted octanol–water partition coefficient (Wildman–Crippen LogP) is 5.21. The molecule has 0 saturated carbocycles. The van der Waals surface area contributed by atoms with Gasteiger partial charge in [0.1, 0.15) is 5.75 Å². The number of nitrogens with zero attached hydrogens (tertiary/aromatic N) is 2. The smallest absolute Gasteiger partial charge is 0.118 e. The Morgan fingerprint density at radius 2 is 1.75 bits per heavy atom. The van der Waals surface area contributed by atoms with Gasteiger partial charge >= 0.3 is 0 Å². The van der Waals surface area contributed by atoms with Crippen molar-refractivity contribution in [3.8, 4) is 5.75 Å². The van der Waals surface area contributed by atoms with Crippen molar-refractivity contribution in [1.82, 2.24) is 9.97 Å². The molecular formula is C24H25N3O. The van der Waals surface area contributed by atoms with Crippen LogP contribution in [0.1, 0.15) is 17.5 Å². The Morgan fingerprint density at radius 1 is 0.929 bits per heavy atom. The van der Waals surface area contributed by atoms with E-state index in [1.54, 1.807) is 13.4 Å². The second-order valence-electron chi connectivity index (χ2n) is 6.96. The highest BCUT2D eigenvalue weighted by Crippen LogP contribution is 2.23. The number of rotatable bonds is 8. The summed E-state index contributed by atoms with van der Waals surface area (Å²) in [6, 6.07) is 25.4. The molecule has 142 valence electrons. The molecule has 0 unspecified atom stereocenters. The van der Waals surface area contributed by atoms with Crippen LogP contribution in [-0.4, -0.2) is 23.6 Å². The maximum atomic E-state index is 5.29. The van der Waals surface area contributed by atoms with Gasteiger partial charge in [0.15, 0.2) is 0 Å². The number of aromatic amines is 1. The first-order valence-corrected chi connectivity index (χ1v) is 9.67. The van der Waals surface area contributed by atoms with Crippen molar-refractivity contribution in [3.63, 3.8) is 0 Å². The van der Waals surface area contributed by atoms with E-state index in [-0.39, 0.29) is 0 Å². The average molecular weight is 371 g/mol. The molecule has 0 aliphatic rings. The lowest BCUT2D eigenvalue weighted by Crippen LogP contribution is -2.24. The molecule has 1 aromatic heterocycles. The topological polar surface area (TPSA) is 41.1 Å². The van der Waals surface area contributed by atoms with Gasteiger partial charge < -0.3 is 14.6 Å². The number of ether oxygens (including phenoxy) is 1. The molecular weight excluding hydrogens is 346 g/mol. The van der Waals surface area contributed by atoms with Crippen molar-refractivity contribution in [2.45, 2.75) is 19.4 Å². The lowest BCUT2D eigenvalue weighted by atomic mass is 10.1. The molecule has 0 aliphatic heterocycles. The van der Waals surface area contributed by atoms with Crippen LogP contribution in [0.25, 0.3) is 11.0 Å². The van der Waals surface area contributed by atoms with Crippen molar-refractivity contribution in [3.05, 3.63) is 90.3 Å². The van der Waals surface area contributed by atoms with Crippen molar-refractivity contribution in [1.29, 1.82) is 0 Å². The highest BCUT2D eigenvalue weighted by Gasteiger charge is 2.10. The summed E-state index contributed by atoms with van der Waals surface area (Å²) in [6.45, 7) is 1.84. The molecule has 28 heavy (non-hydrogen) atoms. The van der Waals surface area contributed by atoms with Crippen molar-refractivity contribution in [2.75, 3.05) is 18.6 Å². The number of anilines is 1. The number of H-pyrrole nitrogens is 1. The number of hydrogen-bond donors (Lipinski definition) is 1. The van der Waals surface area contributed by atoms with Crippen LogP contribution in [0, 0.1) is 0 Å². The molecule has 4 nitrogen and oxygen atoms in total. The third-order valence-electron chi connectivity index (χ3n) is 5.04. The Balaban J connectivity index is 1.52. The van der Waals surface area contributed by atoms with Crippen LogP contribution in [0.4, 0.5) is 5.69 Å². The van der Waals surface area contributed by atoms with Gasteiger partial charge in [-0.1, -0.05) is 42.5 Å². The van der Waals surface area contributed by atoms with Gasteiger partial charge in [-0.2, -0.15) is 0 Å². The van der Waals surface area contributed by atoms with Gasteiger partial charge in [0.25, 0.3) is 0 Å². The molecule has 0 saturated heterocycles. The lowest BCUT2D eigenvalue weighted by Gasteiger charge is -2.25. The number of hydrogen-bond acceptors (Lipinski definition) is 3. The lowest BCUT2D eigenvalue weighted by molar-refractivity contribution is 0.414. The van der Waals surface area contributed by atoms with Gasteiger partial charge in [-0.15, -0.1) is 0 Å². The molecule has 0 bridgehead atoms. The van der Waals surface area contributed by atoms with Gasteiger partial charge in [-0.3, -0.25) is 0 Å². The number of methoxy groups -OCH3 is 1. The molecule has 4 rings (SSSR count). The molecule has 1 N–H and O–H groups in total. The third-order valence-corrected chi connectivity index (χ3v) is 5.04. The second kappa shape index (κ2) is 8.61. The molecule has 0 atom stereocenters. The Hall–Kier alpha value is -3.27. The number of aromatic nitrogens is 2. The van der Waals surface area contributed by atoms with Gasteiger partial charge in [0, 0.05) is 18.8 Å². The fourth-order valence-corrected chi connectivity index (χ4v) is 3.49. The summed E-state index contributed by atoms with van der Waals surface area (Å²) >= 11 is 0. The molecule has 0 radical (unpaired) electrons. The first kappa shape index (κ1) is 18.1. The van der Waals surface area contributed by atoms with E-state index in [2.05, 4.69) is 75.5 Å². The fourth-order valence-electron chi connectivity index (χ4n) is 3.49. The Labute approximate surface area is 165 Å². The van der Waals surface area contributed by atoms with Crippen LogP contribution < -0.4 is 9.64 Å². The largest absolute Gasteiger partial charge is 0.497 e. The maximum absolute atomic E-state index is 5.29. The summed E-state index contributed by atoms with van der Waals surface area (Å²) in [5.74, 6) is 0.886. The molecule has 1 heterocycles. The summed E-state index contributed by atoms with van der Waals surface area (Å²) in [7, 11) is 1.70. The quantitative estimate of drug-likeness (QED) is 0.462. The maximum Gasteiger partial charge on any atom is 0.118 e. The van der Waals surface area contributed by atoms with E-state index in [9.17, 15) is 0 Å². The highest BCUT2D eigenvalue weighted by molar-refractivity contribution is 5.79. The van der Waals surface area contributed by atoms with Crippen LogP contribution in [0.15, 0.2) is 79.1 Å². The van der Waals surface area contributed by atoms with Gasteiger partial charge in [0.05, 0.1) is 24.5 Å². The Morgan fingerprint density at radius 3 is 2.54 bits per heavy atom. The summed E-state index contributed by atoms with van der Waals surface area (Å²) in [5, 5.41) is 0. The van der Waals surface area contributed by atoms with Crippen molar-refractivity contribution < 1.29 is 4.74 Å². The normalized spacial score (nSPS) is 10.9. The van der Waals surface area contributed by atoms with Crippen LogP contribution in [0.5, 0.6) is 5.75 Å². The van der Waals surface area contributed by atoms with E-state index < -0.39 is 0 Å². The second-order valence-corrected chi connectivity index (χ2v) is 6.96. The molecule has 3 aromatic carbocycles. The number of benzene rings is 3. The molecule has 0 spiro atoms. The van der Waals surface area contributed by atoms with Gasteiger partial charge in [0.2, 0.25) is 0 Å². The highest BCUT2D eigenvalue weighted by atomic mass is 16.5. The fraction of sp³-hybridized carbons (Fsp3) is 0.208. The zero-order chi connectivity index (χ0) is 19.2. The van der Waals surface area contributed by atoms with E-state index in [0.29, 0.717) is 0 Å². The van der Waals surface area contributed by atoms with Crippen LogP contribution in [0.2, 0.25) is 0 Å². The van der Waals surface area contributed by atoms with Crippen LogP contribution in [-0.2, 0) is 13.0 Å². The van der Waals surface area contributed by atoms with Gasteiger partial charge in [-0.05, 0) is 54.3 Å². The van der Waals surface area contributed by atoms with E-state index in [1.165, 1.54) is 16.8 Å². The van der Waals surface area contributed by atoms with E-state index >= 15 is 0 Å². The molecule has 0 amide bonds. The molecule has 0 aliphatic carbocycles. The van der Waals surface area contributed by atoms with Crippen molar-refractivity contribution >= 4 is 16.7 Å².